The highest BCUT2D eigenvalue weighted by Crippen LogP contribution is 2.36. The largest absolute Gasteiger partial charge is 0.475 e. The van der Waals surface area contributed by atoms with Crippen molar-refractivity contribution >= 4 is 50.7 Å². The molecule has 0 bridgehead atoms. The van der Waals surface area contributed by atoms with Crippen LogP contribution in [-0.2, 0) is 14.8 Å². The third kappa shape index (κ3) is 2.08. The Bertz CT molecular complexity index is 654. The molecule has 0 fully saturated rings. The zero-order chi connectivity index (χ0) is 12.8. The van der Waals surface area contributed by atoms with Crippen molar-refractivity contribution in [3.8, 4) is 0 Å². The Labute approximate surface area is 106 Å². The minimum atomic E-state index is -4.13. The predicted octanol–water partition coefficient (Wildman–Crippen LogP) is 1.59. The minimum absolute atomic E-state index is 0.00472. The lowest BCUT2D eigenvalue weighted by Crippen LogP contribution is -2.28. The number of sulfonamides is 1. The van der Waals surface area contributed by atoms with Crippen molar-refractivity contribution in [1.82, 2.24) is 0 Å². The molecule has 17 heavy (non-hydrogen) atoms. The standard InChI is InChI=1S/C8H4Cl2N2O4S/c9-3-1-4(10)6-5(2-3)11-7(8(13)14)12-17(6,15)16/h1-2H,(H,11,12)(H,13,14). The molecular weight excluding hydrogens is 291 g/mol. The molecule has 0 aromatic heterocycles. The number of nitrogens with zero attached hydrogens (tertiary/aromatic N) is 1. The van der Waals surface area contributed by atoms with E-state index in [9.17, 15) is 13.2 Å². The van der Waals surface area contributed by atoms with E-state index >= 15 is 0 Å². The quantitative estimate of drug-likeness (QED) is 0.820. The number of fused-ring (bicyclic) bond motifs is 1. The molecular formula is C8H4Cl2N2O4S. The van der Waals surface area contributed by atoms with Gasteiger partial charge >= 0.3 is 5.97 Å². The van der Waals surface area contributed by atoms with Gasteiger partial charge in [-0.2, -0.15) is 8.42 Å². The molecule has 0 saturated heterocycles. The third-order valence-electron chi connectivity index (χ3n) is 1.93. The fourth-order valence-corrected chi connectivity index (χ4v) is 3.26. The lowest BCUT2D eigenvalue weighted by molar-refractivity contribution is -0.129. The number of carboxylic acids is 1. The Morgan fingerprint density at radius 3 is 2.59 bits per heavy atom. The van der Waals surface area contributed by atoms with E-state index in [0.717, 1.165) is 0 Å². The van der Waals surface area contributed by atoms with Crippen LogP contribution in [0, 0.1) is 0 Å². The Hall–Kier alpha value is -1.31. The zero-order valence-electron chi connectivity index (χ0n) is 7.94. The molecule has 90 valence electrons. The first kappa shape index (κ1) is 12.2. The molecule has 1 aliphatic rings. The van der Waals surface area contributed by atoms with Gasteiger partial charge in [0.2, 0.25) is 5.84 Å². The van der Waals surface area contributed by atoms with E-state index in [1.807, 2.05) is 0 Å². The highest BCUT2D eigenvalue weighted by atomic mass is 35.5. The van der Waals surface area contributed by atoms with Crippen molar-refractivity contribution in [3.05, 3.63) is 22.2 Å². The summed E-state index contributed by atoms with van der Waals surface area (Å²) in [6.07, 6.45) is 0. The molecule has 2 rings (SSSR count). The van der Waals surface area contributed by atoms with Gasteiger partial charge in [-0.05, 0) is 12.1 Å². The molecule has 1 heterocycles. The maximum atomic E-state index is 11.7. The Balaban J connectivity index is 2.74. The summed E-state index contributed by atoms with van der Waals surface area (Å²) in [5.74, 6) is -2.19. The van der Waals surface area contributed by atoms with Crippen LogP contribution in [0.25, 0.3) is 0 Å². The van der Waals surface area contributed by atoms with Crippen LogP contribution in [0.2, 0.25) is 10.0 Å². The van der Waals surface area contributed by atoms with Gasteiger partial charge in [0.05, 0.1) is 10.7 Å². The zero-order valence-corrected chi connectivity index (χ0v) is 10.3. The van der Waals surface area contributed by atoms with E-state index in [1.165, 1.54) is 12.1 Å². The van der Waals surface area contributed by atoms with Gasteiger partial charge in [0.15, 0.2) is 0 Å². The summed E-state index contributed by atoms with van der Waals surface area (Å²) in [6.45, 7) is 0. The van der Waals surface area contributed by atoms with Gasteiger partial charge in [-0.15, -0.1) is 4.40 Å². The lowest BCUT2D eigenvalue weighted by Gasteiger charge is -2.17. The molecule has 0 saturated carbocycles. The summed E-state index contributed by atoms with van der Waals surface area (Å²) in [4.78, 5) is 10.4. The maximum absolute atomic E-state index is 11.7. The fourth-order valence-electron chi connectivity index (χ4n) is 1.32. The number of hydrogen-bond donors (Lipinski definition) is 2. The summed E-state index contributed by atoms with van der Waals surface area (Å²) in [7, 11) is -4.13. The van der Waals surface area contributed by atoms with Crippen molar-refractivity contribution in [2.45, 2.75) is 4.90 Å². The molecule has 9 heteroatoms. The number of carbonyl (C=O) groups is 1. The predicted molar refractivity (Wildman–Crippen MR) is 62.3 cm³/mol. The monoisotopic (exact) mass is 294 g/mol. The smallest absolute Gasteiger partial charge is 0.372 e. The van der Waals surface area contributed by atoms with Crippen LogP contribution in [0.5, 0.6) is 0 Å². The summed E-state index contributed by atoms with van der Waals surface area (Å²) >= 11 is 11.4. The van der Waals surface area contributed by atoms with Crippen LogP contribution < -0.4 is 5.32 Å². The topological polar surface area (TPSA) is 95.8 Å². The molecule has 1 aliphatic heterocycles. The van der Waals surface area contributed by atoms with Crippen molar-refractivity contribution in [2.75, 3.05) is 5.32 Å². The number of benzene rings is 1. The molecule has 1 aromatic rings. The average molecular weight is 295 g/mol. The minimum Gasteiger partial charge on any atom is -0.475 e. The molecule has 0 atom stereocenters. The van der Waals surface area contributed by atoms with Gasteiger partial charge in [-0.1, -0.05) is 23.2 Å². The number of hydrogen-bond acceptors (Lipinski definition) is 4. The molecule has 0 radical (unpaired) electrons. The van der Waals surface area contributed by atoms with Crippen molar-refractivity contribution in [2.24, 2.45) is 4.40 Å². The van der Waals surface area contributed by atoms with E-state index in [1.54, 1.807) is 0 Å². The van der Waals surface area contributed by atoms with Gasteiger partial charge in [-0.3, -0.25) is 0 Å². The average Bonchev–Trinajstić information content (AvgIpc) is 2.13. The van der Waals surface area contributed by atoms with Crippen LogP contribution in [0.3, 0.4) is 0 Å². The van der Waals surface area contributed by atoms with Crippen LogP contribution in [0.1, 0.15) is 0 Å². The summed E-state index contributed by atoms with van der Waals surface area (Å²) in [5.41, 5.74) is -0.00472. The Morgan fingerprint density at radius 1 is 1.35 bits per heavy atom. The third-order valence-corrected chi connectivity index (χ3v) is 3.94. The number of aliphatic carboxylic acids is 1. The lowest BCUT2D eigenvalue weighted by atomic mass is 10.3. The van der Waals surface area contributed by atoms with Crippen LogP contribution in [0.4, 0.5) is 5.69 Å². The van der Waals surface area contributed by atoms with Gasteiger partial charge in [0, 0.05) is 5.02 Å². The second-order valence-corrected chi connectivity index (χ2v) is 5.49. The molecule has 1 aromatic carbocycles. The highest BCUT2D eigenvalue weighted by Gasteiger charge is 2.30. The second kappa shape index (κ2) is 3.86. The first-order valence-corrected chi connectivity index (χ1v) is 6.35. The number of anilines is 1. The van der Waals surface area contributed by atoms with Crippen molar-refractivity contribution in [1.29, 1.82) is 0 Å². The number of carboxylic acid groups (broad SMARTS) is 1. The van der Waals surface area contributed by atoms with E-state index < -0.39 is 21.8 Å². The van der Waals surface area contributed by atoms with E-state index in [4.69, 9.17) is 28.3 Å². The normalized spacial score (nSPS) is 16.7. The summed E-state index contributed by atoms with van der Waals surface area (Å²) < 4.78 is 26.5. The molecule has 6 nitrogen and oxygen atoms in total. The molecule has 0 spiro atoms. The molecule has 0 unspecified atom stereocenters. The van der Waals surface area contributed by atoms with Gasteiger partial charge < -0.3 is 10.4 Å². The van der Waals surface area contributed by atoms with Gasteiger partial charge in [0.25, 0.3) is 10.0 Å². The molecule has 0 aliphatic carbocycles. The summed E-state index contributed by atoms with van der Waals surface area (Å²) in [6, 6.07) is 2.50. The van der Waals surface area contributed by atoms with Gasteiger partial charge in [-0.25, -0.2) is 4.79 Å². The highest BCUT2D eigenvalue weighted by molar-refractivity contribution is 7.90. The van der Waals surface area contributed by atoms with E-state index in [2.05, 4.69) is 9.71 Å². The number of halogens is 2. The summed E-state index contributed by atoms with van der Waals surface area (Å²) in [5, 5.41) is 11.1. The van der Waals surface area contributed by atoms with Crippen molar-refractivity contribution < 1.29 is 18.3 Å². The number of nitrogens with one attached hydrogen (secondary N) is 1. The second-order valence-electron chi connectivity index (χ2n) is 3.11. The first-order chi connectivity index (χ1) is 7.81. The number of rotatable bonds is 1. The van der Waals surface area contributed by atoms with Gasteiger partial charge in [0.1, 0.15) is 4.90 Å². The molecule has 0 amide bonds. The molecule has 2 N–H and O–H groups in total. The van der Waals surface area contributed by atoms with Crippen LogP contribution >= 0.6 is 23.2 Å². The SMILES string of the molecule is O=C(O)C1=NS(=O)(=O)c2c(Cl)cc(Cl)cc2N1. The van der Waals surface area contributed by atoms with Crippen molar-refractivity contribution in [3.63, 3.8) is 0 Å². The Kier molecular flexibility index (Phi) is 2.76. The maximum Gasteiger partial charge on any atom is 0.372 e. The number of amidine groups is 1. The van der Waals surface area contributed by atoms with Crippen LogP contribution in [-0.4, -0.2) is 25.3 Å². The first-order valence-electron chi connectivity index (χ1n) is 4.15. The van der Waals surface area contributed by atoms with Crippen LogP contribution in [0.15, 0.2) is 21.4 Å². The fraction of sp³-hybridized carbons (Fsp3) is 0. The van der Waals surface area contributed by atoms with E-state index in [-0.39, 0.29) is 20.6 Å². The Morgan fingerprint density at radius 2 is 2.00 bits per heavy atom. The van der Waals surface area contributed by atoms with E-state index in [0.29, 0.717) is 0 Å².